The average molecular weight is 1150 g/mol. The number of allylic oxidation sites excluding steroid dienone is 7. The van der Waals surface area contributed by atoms with Crippen molar-refractivity contribution < 1.29 is 24.5 Å². The third kappa shape index (κ3) is 67.0. The molecule has 3 N–H and O–H groups in total. The first kappa shape index (κ1) is 79.8. The summed E-state index contributed by atoms with van der Waals surface area (Å²) in [6, 6.07) is -0.627. The number of carbonyl (C=O) groups is 2. The zero-order valence-corrected chi connectivity index (χ0v) is 55.2. The van der Waals surface area contributed by atoms with E-state index in [2.05, 4.69) is 55.6 Å². The number of amides is 1. The standard InChI is InChI=1S/C76H143NO5/c1-3-5-7-9-11-13-15-17-19-36-40-44-48-52-56-60-64-68-74(79)73(72-78)77-75(80)69-65-61-57-53-49-45-41-38-34-32-30-28-26-24-22-21-23-25-27-29-31-33-35-39-43-47-51-55-59-63-67-71-82-76(81)70-66-62-58-54-50-46-42-37-20-18-16-14-12-10-8-6-4-2/h12,14,18,20,23,25,64,68,73-74,78-79H,3-11,13,15-17,19,21-22,24,26-63,65-67,69-72H2,1-2H3,(H,77,80)/b14-12-,20-18-,25-23-,68-64+. The van der Waals surface area contributed by atoms with Crippen molar-refractivity contribution in [3.8, 4) is 0 Å². The zero-order chi connectivity index (χ0) is 59.2. The van der Waals surface area contributed by atoms with E-state index in [1.807, 2.05) is 6.08 Å². The number of ether oxygens (including phenoxy) is 1. The van der Waals surface area contributed by atoms with Crippen LogP contribution in [0.15, 0.2) is 48.6 Å². The number of hydrogen-bond donors (Lipinski definition) is 3. The fourth-order valence-electron chi connectivity index (χ4n) is 11.4. The smallest absolute Gasteiger partial charge is 0.305 e. The van der Waals surface area contributed by atoms with Gasteiger partial charge in [-0.15, -0.1) is 0 Å². The maximum atomic E-state index is 12.5. The fraction of sp³-hybridized carbons (Fsp3) is 0.868. The summed E-state index contributed by atoms with van der Waals surface area (Å²) in [5.74, 6) is -0.0534. The van der Waals surface area contributed by atoms with E-state index in [1.54, 1.807) is 6.08 Å². The van der Waals surface area contributed by atoms with Crippen molar-refractivity contribution in [3.63, 3.8) is 0 Å². The number of hydrogen-bond acceptors (Lipinski definition) is 5. The van der Waals surface area contributed by atoms with Gasteiger partial charge in [-0.25, -0.2) is 0 Å². The summed E-state index contributed by atoms with van der Waals surface area (Å²) < 4.78 is 5.50. The highest BCUT2D eigenvalue weighted by molar-refractivity contribution is 5.76. The molecule has 0 bridgehead atoms. The predicted octanol–water partition coefficient (Wildman–Crippen LogP) is 24.0. The number of carbonyl (C=O) groups excluding carboxylic acids is 2. The van der Waals surface area contributed by atoms with Crippen molar-refractivity contribution in [1.82, 2.24) is 5.32 Å². The van der Waals surface area contributed by atoms with Crippen LogP contribution in [0.5, 0.6) is 0 Å². The van der Waals surface area contributed by atoms with Crippen LogP contribution in [0.25, 0.3) is 0 Å². The SMILES string of the molecule is CCCCC/C=C\C/C=C\CCCCCCCCCC(=O)OCCCCCCCCCCCCCC/C=C\CCCCCCCCCCCCCCCCCC(=O)NC(CO)C(O)/C=C/CCCCCCCCCCCCCCCCC. The molecule has 0 aromatic heterocycles. The van der Waals surface area contributed by atoms with E-state index in [0.717, 1.165) is 51.4 Å². The zero-order valence-electron chi connectivity index (χ0n) is 55.2. The van der Waals surface area contributed by atoms with Crippen LogP contribution in [-0.2, 0) is 14.3 Å². The number of esters is 1. The minimum atomic E-state index is -0.844. The van der Waals surface area contributed by atoms with Crippen molar-refractivity contribution in [2.75, 3.05) is 13.2 Å². The van der Waals surface area contributed by atoms with Crippen molar-refractivity contribution in [1.29, 1.82) is 0 Å². The Morgan fingerprint density at radius 2 is 0.610 bits per heavy atom. The Balaban J connectivity index is 3.38. The molecule has 0 spiro atoms. The van der Waals surface area contributed by atoms with Crippen LogP contribution in [0.1, 0.15) is 399 Å². The van der Waals surface area contributed by atoms with E-state index in [4.69, 9.17) is 4.74 Å². The Kier molecular flexibility index (Phi) is 69.4. The van der Waals surface area contributed by atoms with Gasteiger partial charge >= 0.3 is 5.97 Å². The van der Waals surface area contributed by atoms with Crippen LogP contribution < -0.4 is 5.32 Å². The Morgan fingerprint density at radius 1 is 0.341 bits per heavy atom. The predicted molar refractivity (Wildman–Crippen MR) is 361 cm³/mol. The maximum Gasteiger partial charge on any atom is 0.305 e. The molecule has 0 aromatic carbocycles. The summed E-state index contributed by atoms with van der Waals surface area (Å²) in [5.41, 5.74) is 0. The number of rotatable bonds is 69. The molecule has 1 amide bonds. The van der Waals surface area contributed by atoms with Gasteiger partial charge in [0.05, 0.1) is 25.4 Å². The van der Waals surface area contributed by atoms with Gasteiger partial charge in [-0.3, -0.25) is 9.59 Å². The second-order valence-corrected chi connectivity index (χ2v) is 25.3. The molecule has 6 nitrogen and oxygen atoms in total. The second kappa shape index (κ2) is 71.3. The van der Waals surface area contributed by atoms with Gasteiger partial charge in [-0.2, -0.15) is 0 Å². The molecule has 0 aromatic rings. The van der Waals surface area contributed by atoms with Gasteiger partial charge in [0.1, 0.15) is 0 Å². The number of aliphatic hydroxyl groups excluding tert-OH is 2. The summed E-state index contributed by atoms with van der Waals surface area (Å²) in [7, 11) is 0. The first-order valence-electron chi connectivity index (χ1n) is 36.9. The molecule has 2 atom stereocenters. The Hall–Kier alpha value is -2.18. The molecule has 0 saturated carbocycles. The van der Waals surface area contributed by atoms with Crippen LogP contribution in [0.4, 0.5) is 0 Å². The maximum absolute atomic E-state index is 12.5. The highest BCUT2D eigenvalue weighted by Crippen LogP contribution is 2.18. The summed E-state index contributed by atoms with van der Waals surface area (Å²) in [4.78, 5) is 24.6. The van der Waals surface area contributed by atoms with Crippen LogP contribution in [0.2, 0.25) is 0 Å². The van der Waals surface area contributed by atoms with Crippen molar-refractivity contribution in [2.24, 2.45) is 0 Å². The van der Waals surface area contributed by atoms with Gasteiger partial charge in [0, 0.05) is 12.8 Å². The van der Waals surface area contributed by atoms with Crippen LogP contribution in [-0.4, -0.2) is 47.4 Å². The number of aliphatic hydroxyl groups is 2. The summed E-state index contributed by atoms with van der Waals surface area (Å²) in [5, 5.41) is 23.2. The molecule has 0 rings (SSSR count). The van der Waals surface area contributed by atoms with E-state index in [9.17, 15) is 19.8 Å². The molecule has 0 radical (unpaired) electrons. The van der Waals surface area contributed by atoms with E-state index >= 15 is 0 Å². The lowest BCUT2D eigenvalue weighted by Crippen LogP contribution is -2.45. The van der Waals surface area contributed by atoms with Crippen LogP contribution in [0.3, 0.4) is 0 Å². The molecule has 6 heteroatoms. The van der Waals surface area contributed by atoms with Crippen LogP contribution >= 0.6 is 0 Å². The van der Waals surface area contributed by atoms with Gasteiger partial charge in [-0.05, 0) is 89.9 Å². The van der Waals surface area contributed by atoms with Gasteiger partial charge in [-0.1, -0.05) is 345 Å². The van der Waals surface area contributed by atoms with E-state index in [1.165, 1.54) is 321 Å². The lowest BCUT2D eigenvalue weighted by Gasteiger charge is -2.20. The average Bonchev–Trinajstić information content (AvgIpc) is 3.48. The lowest BCUT2D eigenvalue weighted by molar-refractivity contribution is -0.143. The Labute approximate surface area is 512 Å². The largest absolute Gasteiger partial charge is 0.466 e. The van der Waals surface area contributed by atoms with Crippen LogP contribution in [0, 0.1) is 0 Å². The van der Waals surface area contributed by atoms with E-state index < -0.39 is 12.1 Å². The lowest BCUT2D eigenvalue weighted by atomic mass is 10.0. The molecule has 0 saturated heterocycles. The highest BCUT2D eigenvalue weighted by atomic mass is 16.5. The molecule has 0 aliphatic rings. The van der Waals surface area contributed by atoms with Crippen molar-refractivity contribution in [3.05, 3.63) is 48.6 Å². The number of nitrogens with one attached hydrogen (secondary N) is 1. The normalized spacial score (nSPS) is 12.8. The first-order chi connectivity index (χ1) is 40.5. The second-order valence-electron chi connectivity index (χ2n) is 25.3. The van der Waals surface area contributed by atoms with E-state index in [0.29, 0.717) is 19.4 Å². The molecule has 2 unspecified atom stereocenters. The Morgan fingerprint density at radius 3 is 0.963 bits per heavy atom. The van der Waals surface area contributed by atoms with Gasteiger partial charge in [0.2, 0.25) is 5.91 Å². The highest BCUT2D eigenvalue weighted by Gasteiger charge is 2.18. The molecule has 82 heavy (non-hydrogen) atoms. The van der Waals surface area contributed by atoms with Gasteiger partial charge < -0.3 is 20.3 Å². The monoisotopic (exact) mass is 1150 g/mol. The molecule has 0 heterocycles. The Bertz CT molecular complexity index is 1370. The van der Waals surface area contributed by atoms with Crippen molar-refractivity contribution in [2.45, 2.75) is 411 Å². The minimum Gasteiger partial charge on any atom is -0.466 e. The van der Waals surface area contributed by atoms with E-state index in [-0.39, 0.29) is 18.5 Å². The molecular weight excluding hydrogens is 1010 g/mol. The minimum absolute atomic E-state index is 0.00984. The summed E-state index contributed by atoms with van der Waals surface area (Å²) >= 11 is 0. The van der Waals surface area contributed by atoms with Gasteiger partial charge in [0.25, 0.3) is 0 Å². The quantitative estimate of drug-likeness (QED) is 0.0320. The first-order valence-corrected chi connectivity index (χ1v) is 36.9. The van der Waals surface area contributed by atoms with Crippen molar-refractivity contribution >= 4 is 11.9 Å². The topological polar surface area (TPSA) is 95.9 Å². The third-order valence-electron chi connectivity index (χ3n) is 17.1. The molecule has 0 fully saturated rings. The fourth-order valence-corrected chi connectivity index (χ4v) is 11.4. The summed E-state index contributed by atoms with van der Waals surface area (Å²) in [6.07, 6.45) is 93.5. The summed E-state index contributed by atoms with van der Waals surface area (Å²) in [6.45, 7) is 4.91. The van der Waals surface area contributed by atoms with Gasteiger partial charge in [0.15, 0.2) is 0 Å². The third-order valence-corrected chi connectivity index (χ3v) is 17.1. The molecular formula is C76H143NO5. The molecule has 482 valence electrons. The molecule has 0 aliphatic heterocycles. The molecule has 0 aliphatic carbocycles. The number of unbranched alkanes of at least 4 members (excludes halogenated alkanes) is 52.